The van der Waals surface area contributed by atoms with Crippen LogP contribution in [-0.4, -0.2) is 38.7 Å². The van der Waals surface area contributed by atoms with Crippen molar-refractivity contribution in [3.05, 3.63) is 40.1 Å². The van der Waals surface area contributed by atoms with E-state index in [1.54, 1.807) is 34.6 Å². The number of nitrogens with zero attached hydrogens (tertiary/aromatic N) is 4. The van der Waals surface area contributed by atoms with E-state index in [0.717, 1.165) is 24.0 Å². The molecule has 1 aliphatic heterocycles. The van der Waals surface area contributed by atoms with Crippen molar-refractivity contribution in [2.24, 2.45) is 7.05 Å². The second kappa shape index (κ2) is 6.46. The summed E-state index contributed by atoms with van der Waals surface area (Å²) in [4.78, 5) is 17.5. The fourth-order valence-electron chi connectivity index (χ4n) is 3.44. The van der Waals surface area contributed by atoms with Gasteiger partial charge >= 0.3 is 0 Å². The maximum atomic E-state index is 12.8. The summed E-state index contributed by atoms with van der Waals surface area (Å²) in [5.41, 5.74) is 2.23. The number of rotatable bonds is 3. The van der Waals surface area contributed by atoms with Gasteiger partial charge < -0.3 is 14.6 Å². The average molecular weight is 368 g/mol. The molecule has 3 heterocycles. The van der Waals surface area contributed by atoms with Gasteiger partial charge in [-0.2, -0.15) is 5.10 Å². The number of hydrogen-bond acceptors (Lipinski definition) is 6. The lowest BCUT2D eigenvalue weighted by molar-refractivity contribution is 0.340. The first-order chi connectivity index (χ1) is 13.0. The second-order valence-electron chi connectivity index (χ2n) is 6.44. The lowest BCUT2D eigenvalue weighted by Crippen LogP contribution is -2.27. The van der Waals surface area contributed by atoms with E-state index in [1.165, 1.54) is 14.2 Å². The van der Waals surface area contributed by atoms with Gasteiger partial charge in [0.25, 0.3) is 5.56 Å². The summed E-state index contributed by atoms with van der Waals surface area (Å²) in [6.07, 6.45) is 5.15. The Hall–Kier alpha value is -3.29. The van der Waals surface area contributed by atoms with E-state index < -0.39 is 0 Å². The van der Waals surface area contributed by atoms with E-state index in [4.69, 9.17) is 14.5 Å². The van der Waals surface area contributed by atoms with Gasteiger partial charge in [0.05, 0.1) is 20.4 Å². The summed E-state index contributed by atoms with van der Waals surface area (Å²) >= 11 is 0. The molecule has 1 aliphatic rings. The molecule has 27 heavy (non-hydrogen) atoms. The van der Waals surface area contributed by atoms with E-state index in [2.05, 4.69) is 5.10 Å². The molecular formula is C19H20N4O4. The number of aryl methyl sites for hydroxylation is 1. The highest BCUT2D eigenvalue weighted by Crippen LogP contribution is 2.38. The third-order valence-corrected chi connectivity index (χ3v) is 4.81. The molecule has 0 bridgehead atoms. The van der Waals surface area contributed by atoms with Gasteiger partial charge in [-0.25, -0.2) is 4.98 Å². The van der Waals surface area contributed by atoms with Crippen molar-refractivity contribution in [2.45, 2.75) is 19.4 Å². The highest BCUT2D eigenvalue weighted by molar-refractivity contribution is 5.83. The highest BCUT2D eigenvalue weighted by Gasteiger charge is 2.21. The van der Waals surface area contributed by atoms with Crippen LogP contribution in [0.25, 0.3) is 22.7 Å². The van der Waals surface area contributed by atoms with Crippen molar-refractivity contribution < 1.29 is 14.6 Å². The van der Waals surface area contributed by atoms with Crippen molar-refractivity contribution in [1.29, 1.82) is 0 Å². The molecule has 0 aliphatic carbocycles. The predicted octanol–water partition coefficient (Wildman–Crippen LogP) is 2.19. The Morgan fingerprint density at radius 1 is 1.22 bits per heavy atom. The molecule has 0 atom stereocenters. The number of fused-ring (bicyclic) bond motifs is 2. The Kier molecular flexibility index (Phi) is 4.10. The molecule has 8 nitrogen and oxygen atoms in total. The number of hydrogen-bond donors (Lipinski definition) is 1. The molecule has 0 spiro atoms. The van der Waals surface area contributed by atoms with E-state index in [0.29, 0.717) is 34.9 Å². The molecule has 1 N–H and O–H groups in total. The normalized spacial score (nSPS) is 15.1. The number of allylic oxidation sites excluding steroid dienone is 1. The van der Waals surface area contributed by atoms with Gasteiger partial charge in [0.2, 0.25) is 5.75 Å². The van der Waals surface area contributed by atoms with Crippen LogP contribution in [0.1, 0.15) is 24.2 Å². The fourth-order valence-corrected chi connectivity index (χ4v) is 3.44. The van der Waals surface area contributed by atoms with E-state index in [-0.39, 0.29) is 11.3 Å². The quantitative estimate of drug-likeness (QED) is 0.762. The molecule has 2 aromatic heterocycles. The van der Waals surface area contributed by atoms with Crippen LogP contribution < -0.4 is 15.0 Å². The van der Waals surface area contributed by atoms with Crippen LogP contribution in [0.4, 0.5) is 0 Å². The zero-order valence-electron chi connectivity index (χ0n) is 15.4. The SMILES string of the molecule is COc1cc(C=C2CCCn3c2nc2c(cnn2C)c3=O)cc(OC)c1O. The standard InChI is InChI=1S/C19H20N4O4/c1-22-18-13(10-20-22)19(25)23-6-4-5-12(17(23)21-18)7-11-8-14(26-2)16(24)15(9-11)27-3/h7-10,24H,4-6H2,1-3H3. The minimum absolute atomic E-state index is 0.0443. The van der Waals surface area contributed by atoms with Crippen LogP contribution in [0.2, 0.25) is 0 Å². The Morgan fingerprint density at radius 3 is 2.59 bits per heavy atom. The van der Waals surface area contributed by atoms with Crippen molar-refractivity contribution in [1.82, 2.24) is 19.3 Å². The molecule has 8 heteroatoms. The number of ether oxygens (including phenoxy) is 2. The zero-order chi connectivity index (χ0) is 19.1. The molecule has 0 radical (unpaired) electrons. The molecule has 0 amide bonds. The third kappa shape index (κ3) is 2.73. The lowest BCUT2D eigenvalue weighted by Gasteiger charge is -2.20. The van der Waals surface area contributed by atoms with Crippen LogP contribution in [0.3, 0.4) is 0 Å². The summed E-state index contributed by atoms with van der Waals surface area (Å²) in [6, 6.07) is 3.45. The van der Waals surface area contributed by atoms with Crippen LogP contribution in [0.15, 0.2) is 23.1 Å². The lowest BCUT2D eigenvalue weighted by atomic mass is 10.0. The molecule has 3 aromatic rings. The first-order valence-electron chi connectivity index (χ1n) is 8.62. The molecule has 1 aromatic carbocycles. The number of aromatic hydroxyl groups is 1. The first-order valence-corrected chi connectivity index (χ1v) is 8.62. The monoisotopic (exact) mass is 368 g/mol. The van der Waals surface area contributed by atoms with Gasteiger partial charge in [-0.05, 0) is 42.2 Å². The van der Waals surface area contributed by atoms with Gasteiger partial charge in [0.1, 0.15) is 11.2 Å². The molecule has 0 saturated carbocycles. The maximum absolute atomic E-state index is 12.8. The number of phenolic OH excluding ortho intramolecular Hbond substituents is 1. The van der Waals surface area contributed by atoms with Crippen LogP contribution in [-0.2, 0) is 13.6 Å². The Balaban J connectivity index is 1.90. The topological polar surface area (TPSA) is 91.4 Å². The zero-order valence-corrected chi connectivity index (χ0v) is 15.4. The number of phenols is 1. The highest BCUT2D eigenvalue weighted by atomic mass is 16.5. The average Bonchev–Trinajstić information content (AvgIpc) is 3.05. The molecule has 4 rings (SSSR count). The summed E-state index contributed by atoms with van der Waals surface area (Å²) in [6.45, 7) is 0.631. The van der Waals surface area contributed by atoms with Crippen molar-refractivity contribution >= 4 is 22.7 Å². The second-order valence-corrected chi connectivity index (χ2v) is 6.44. The van der Waals surface area contributed by atoms with Crippen molar-refractivity contribution in [3.8, 4) is 17.2 Å². The van der Waals surface area contributed by atoms with E-state index >= 15 is 0 Å². The summed E-state index contributed by atoms with van der Waals surface area (Å²) in [7, 11) is 4.75. The Labute approximate surface area is 155 Å². The van der Waals surface area contributed by atoms with E-state index in [1.807, 2.05) is 6.08 Å². The van der Waals surface area contributed by atoms with Gasteiger partial charge in [-0.1, -0.05) is 0 Å². The molecule has 0 unspecified atom stereocenters. The van der Waals surface area contributed by atoms with Gasteiger partial charge in [-0.15, -0.1) is 0 Å². The number of aromatic nitrogens is 4. The molecule has 0 fully saturated rings. The maximum Gasteiger partial charge on any atom is 0.264 e. The minimum Gasteiger partial charge on any atom is -0.502 e. The minimum atomic E-state index is -0.0745. The third-order valence-electron chi connectivity index (χ3n) is 4.81. The molecule has 140 valence electrons. The largest absolute Gasteiger partial charge is 0.502 e. The summed E-state index contributed by atoms with van der Waals surface area (Å²) < 4.78 is 13.8. The van der Waals surface area contributed by atoms with Gasteiger partial charge in [-0.3, -0.25) is 14.0 Å². The smallest absolute Gasteiger partial charge is 0.264 e. The summed E-state index contributed by atoms with van der Waals surface area (Å²) in [5.74, 6) is 1.25. The van der Waals surface area contributed by atoms with Crippen LogP contribution >= 0.6 is 0 Å². The molecule has 0 saturated heterocycles. The van der Waals surface area contributed by atoms with Crippen LogP contribution in [0.5, 0.6) is 17.2 Å². The molecular weight excluding hydrogens is 348 g/mol. The van der Waals surface area contributed by atoms with Crippen molar-refractivity contribution in [3.63, 3.8) is 0 Å². The first kappa shape index (κ1) is 17.1. The van der Waals surface area contributed by atoms with Gasteiger partial charge in [0.15, 0.2) is 17.1 Å². The predicted molar refractivity (Wildman–Crippen MR) is 101 cm³/mol. The summed E-state index contributed by atoms with van der Waals surface area (Å²) in [5, 5.41) is 14.8. The Bertz CT molecular complexity index is 1100. The number of benzene rings is 1. The van der Waals surface area contributed by atoms with E-state index in [9.17, 15) is 9.90 Å². The van der Waals surface area contributed by atoms with Gasteiger partial charge in [0, 0.05) is 13.6 Å². The number of methoxy groups -OCH3 is 2. The van der Waals surface area contributed by atoms with Crippen molar-refractivity contribution in [2.75, 3.05) is 14.2 Å². The Morgan fingerprint density at radius 2 is 1.93 bits per heavy atom. The fraction of sp³-hybridized carbons (Fsp3) is 0.316. The van der Waals surface area contributed by atoms with Crippen LogP contribution in [0, 0.1) is 0 Å².